The van der Waals surface area contributed by atoms with Gasteiger partial charge in [0, 0.05) is 11.8 Å². The lowest BCUT2D eigenvalue weighted by molar-refractivity contribution is -0.117. The first-order valence-corrected chi connectivity index (χ1v) is 9.81. The Morgan fingerprint density at radius 1 is 1.00 bits per heavy atom. The fourth-order valence-electron chi connectivity index (χ4n) is 4.15. The van der Waals surface area contributed by atoms with Crippen LogP contribution in [0.3, 0.4) is 0 Å². The lowest BCUT2D eigenvalue weighted by Gasteiger charge is -2.26. The van der Waals surface area contributed by atoms with Crippen LogP contribution in [0, 0.1) is 11.6 Å². The number of halogens is 2. The van der Waals surface area contributed by atoms with Crippen molar-refractivity contribution in [3.63, 3.8) is 0 Å². The fraction of sp³-hybridized carbons (Fsp3) is 0.208. The zero-order valence-corrected chi connectivity index (χ0v) is 16.2. The van der Waals surface area contributed by atoms with Gasteiger partial charge in [-0.25, -0.2) is 8.78 Å². The van der Waals surface area contributed by atoms with Crippen LogP contribution >= 0.6 is 0 Å². The number of pyridine rings is 1. The minimum absolute atomic E-state index is 0.283. The number of hydrogen-bond acceptors (Lipinski definition) is 3. The normalized spacial score (nSPS) is 18.2. The maximum atomic E-state index is 14.5. The van der Waals surface area contributed by atoms with Gasteiger partial charge in [-0.3, -0.25) is 19.5 Å². The molecule has 0 saturated heterocycles. The van der Waals surface area contributed by atoms with Gasteiger partial charge in [-0.2, -0.15) is 0 Å². The zero-order chi connectivity index (χ0) is 21.1. The summed E-state index contributed by atoms with van der Waals surface area (Å²) >= 11 is 0. The molecule has 1 aliphatic rings. The molecule has 2 aromatic carbocycles. The molecule has 1 aliphatic carbocycles. The van der Waals surface area contributed by atoms with Crippen molar-refractivity contribution in [1.29, 1.82) is 0 Å². The molecule has 2 atom stereocenters. The van der Waals surface area contributed by atoms with E-state index in [9.17, 15) is 18.4 Å². The molecule has 4 rings (SSSR count). The molecule has 0 unspecified atom stereocenters. The highest BCUT2D eigenvalue weighted by atomic mass is 19.2. The smallest absolute Gasteiger partial charge is 0.260 e. The first kappa shape index (κ1) is 19.9. The van der Waals surface area contributed by atoms with E-state index in [1.54, 1.807) is 48.7 Å². The highest BCUT2D eigenvalue weighted by Crippen LogP contribution is 2.39. The molecule has 152 valence electrons. The standard InChI is InChI=1S/C24H20F2N2O2/c25-20-10-4-9-19(22(20)26)17-11-12-21(23-18(14-17)8-5-13-27-23)28(15-29)24(30)16-6-2-1-3-7-16/h1-10,13,15,17,21H,11-12,14H2/t17-,21-/m1/s1. The maximum absolute atomic E-state index is 14.5. The molecule has 6 heteroatoms. The van der Waals surface area contributed by atoms with E-state index in [2.05, 4.69) is 4.98 Å². The summed E-state index contributed by atoms with van der Waals surface area (Å²) in [7, 11) is 0. The van der Waals surface area contributed by atoms with E-state index >= 15 is 0 Å². The van der Waals surface area contributed by atoms with Crippen LogP contribution in [0.15, 0.2) is 66.9 Å². The molecule has 0 N–H and O–H groups in total. The molecule has 4 nitrogen and oxygen atoms in total. The van der Waals surface area contributed by atoms with Crippen LogP contribution in [0.4, 0.5) is 8.78 Å². The molecule has 30 heavy (non-hydrogen) atoms. The van der Waals surface area contributed by atoms with Gasteiger partial charge in [0.15, 0.2) is 11.6 Å². The van der Waals surface area contributed by atoms with Gasteiger partial charge in [-0.05, 0) is 60.6 Å². The first-order valence-electron chi connectivity index (χ1n) is 9.81. The largest absolute Gasteiger partial charge is 0.278 e. The van der Waals surface area contributed by atoms with Gasteiger partial charge in [-0.15, -0.1) is 0 Å². The summed E-state index contributed by atoms with van der Waals surface area (Å²) in [5.74, 6) is -2.43. The van der Waals surface area contributed by atoms with Crippen LogP contribution in [0.25, 0.3) is 0 Å². The lowest BCUT2D eigenvalue weighted by Crippen LogP contribution is -2.34. The van der Waals surface area contributed by atoms with Gasteiger partial charge in [0.1, 0.15) is 0 Å². The Morgan fingerprint density at radius 3 is 2.57 bits per heavy atom. The second kappa shape index (κ2) is 8.53. The number of amides is 2. The Morgan fingerprint density at radius 2 is 1.80 bits per heavy atom. The number of carbonyl (C=O) groups is 2. The summed E-state index contributed by atoms with van der Waals surface area (Å²) in [6.45, 7) is 0. The minimum atomic E-state index is -0.881. The van der Waals surface area contributed by atoms with Crippen LogP contribution in [-0.4, -0.2) is 22.2 Å². The van der Waals surface area contributed by atoms with E-state index in [1.165, 1.54) is 6.07 Å². The summed E-state index contributed by atoms with van der Waals surface area (Å²) in [6, 6.07) is 15.8. The molecule has 1 aromatic heterocycles. The Balaban J connectivity index is 1.71. The maximum Gasteiger partial charge on any atom is 0.260 e. The Kier molecular flexibility index (Phi) is 5.65. The van der Waals surface area contributed by atoms with Crippen LogP contribution in [0.5, 0.6) is 0 Å². The van der Waals surface area contributed by atoms with Gasteiger partial charge >= 0.3 is 0 Å². The second-order valence-corrected chi connectivity index (χ2v) is 7.37. The van der Waals surface area contributed by atoms with Gasteiger partial charge in [0.05, 0.1) is 11.7 Å². The van der Waals surface area contributed by atoms with Crippen LogP contribution in [0.2, 0.25) is 0 Å². The first-order chi connectivity index (χ1) is 14.6. The van der Waals surface area contributed by atoms with Crippen molar-refractivity contribution in [2.75, 3.05) is 0 Å². The Bertz CT molecular complexity index is 1070. The number of hydrogen-bond donors (Lipinski definition) is 0. The van der Waals surface area contributed by atoms with Crippen LogP contribution in [0.1, 0.15) is 52.0 Å². The summed E-state index contributed by atoms with van der Waals surface area (Å²) < 4.78 is 28.3. The molecule has 0 spiro atoms. The predicted octanol–water partition coefficient (Wildman–Crippen LogP) is 4.82. The number of carbonyl (C=O) groups excluding carboxylic acids is 2. The molecule has 0 bridgehead atoms. The summed E-state index contributed by atoms with van der Waals surface area (Å²) in [5.41, 5.74) is 2.14. The number of rotatable bonds is 4. The van der Waals surface area contributed by atoms with Crippen molar-refractivity contribution < 1.29 is 18.4 Å². The quantitative estimate of drug-likeness (QED) is 0.461. The minimum Gasteiger partial charge on any atom is -0.278 e. The molecular formula is C24H20F2N2O2. The van der Waals surface area contributed by atoms with Crippen molar-refractivity contribution in [2.24, 2.45) is 0 Å². The van der Waals surface area contributed by atoms with Gasteiger partial charge in [0.25, 0.3) is 5.91 Å². The summed E-state index contributed by atoms with van der Waals surface area (Å²) in [6.07, 6.45) is 3.48. The molecule has 2 amide bonds. The van der Waals surface area contributed by atoms with Crippen molar-refractivity contribution in [2.45, 2.75) is 31.2 Å². The third-order valence-electron chi connectivity index (χ3n) is 5.62. The van der Waals surface area contributed by atoms with Crippen LogP contribution in [-0.2, 0) is 11.2 Å². The van der Waals surface area contributed by atoms with Crippen molar-refractivity contribution >= 4 is 12.3 Å². The molecule has 0 aliphatic heterocycles. The van der Waals surface area contributed by atoms with E-state index in [-0.39, 0.29) is 5.92 Å². The van der Waals surface area contributed by atoms with Crippen molar-refractivity contribution in [1.82, 2.24) is 9.88 Å². The third-order valence-corrected chi connectivity index (χ3v) is 5.62. The molecule has 0 radical (unpaired) electrons. The van der Waals surface area contributed by atoms with Gasteiger partial charge in [0.2, 0.25) is 6.41 Å². The van der Waals surface area contributed by atoms with Crippen molar-refractivity contribution in [3.8, 4) is 0 Å². The SMILES string of the molecule is O=CN(C(=O)c1ccccc1)[C@@H]1CC[C@@H](c2cccc(F)c2F)Cc2cccnc21. The Labute approximate surface area is 173 Å². The van der Waals surface area contributed by atoms with E-state index < -0.39 is 23.6 Å². The Hall–Kier alpha value is -3.41. The zero-order valence-electron chi connectivity index (χ0n) is 16.2. The summed E-state index contributed by atoms with van der Waals surface area (Å²) in [4.78, 5) is 30.6. The molecule has 0 fully saturated rings. The van der Waals surface area contributed by atoms with E-state index in [0.717, 1.165) is 16.5 Å². The molecular weight excluding hydrogens is 386 g/mol. The molecule has 3 aromatic rings. The lowest BCUT2D eigenvalue weighted by atomic mass is 9.90. The van der Waals surface area contributed by atoms with Gasteiger partial charge < -0.3 is 0 Å². The average molecular weight is 406 g/mol. The monoisotopic (exact) mass is 406 g/mol. The number of aromatic nitrogens is 1. The number of fused-ring (bicyclic) bond motifs is 1. The second-order valence-electron chi connectivity index (χ2n) is 7.37. The number of imide groups is 1. The average Bonchev–Trinajstić information content (AvgIpc) is 2.97. The van der Waals surface area contributed by atoms with E-state index in [0.29, 0.717) is 42.5 Å². The number of benzene rings is 2. The molecule has 0 saturated carbocycles. The number of nitrogens with zero attached hydrogens (tertiary/aromatic N) is 2. The fourth-order valence-corrected chi connectivity index (χ4v) is 4.15. The van der Waals surface area contributed by atoms with Crippen molar-refractivity contribution in [3.05, 3.63) is 101 Å². The highest BCUT2D eigenvalue weighted by molar-refractivity contribution is 6.00. The molecule has 1 heterocycles. The topological polar surface area (TPSA) is 50.3 Å². The predicted molar refractivity (Wildman–Crippen MR) is 108 cm³/mol. The third kappa shape index (κ3) is 3.73. The van der Waals surface area contributed by atoms with Gasteiger partial charge in [-0.1, -0.05) is 36.4 Å². The van der Waals surface area contributed by atoms with E-state index in [1.807, 2.05) is 6.07 Å². The van der Waals surface area contributed by atoms with E-state index in [4.69, 9.17) is 0 Å². The van der Waals surface area contributed by atoms with Crippen LogP contribution < -0.4 is 0 Å². The summed E-state index contributed by atoms with van der Waals surface area (Å²) in [5, 5.41) is 0. The highest BCUT2D eigenvalue weighted by Gasteiger charge is 2.33.